The van der Waals surface area contributed by atoms with E-state index in [9.17, 15) is 57.5 Å². The maximum absolute atomic E-state index is 13.3. The number of aromatic nitrogens is 2. The zero-order chi connectivity index (χ0) is 105. The van der Waals surface area contributed by atoms with Gasteiger partial charge in [0.1, 0.15) is 44.0 Å². The van der Waals surface area contributed by atoms with Crippen LogP contribution in [0.25, 0.3) is 31.8 Å². The van der Waals surface area contributed by atoms with Crippen molar-refractivity contribution in [3.05, 3.63) is 159 Å². The number of carbonyl (C=O) groups is 12. The van der Waals surface area contributed by atoms with Crippen molar-refractivity contribution >= 4 is 104 Å². The number of Topliss-reactive ketones (excluding diaryl/α,β-unsaturated/α-hetero) is 2. The van der Waals surface area contributed by atoms with Gasteiger partial charge in [0, 0.05) is 81.1 Å². The molecule has 0 radical (unpaired) electrons. The number of aryl methyl sites for hydroxylation is 2. The fourth-order valence-corrected chi connectivity index (χ4v) is 18.1. The molecule has 5 saturated carbocycles. The lowest BCUT2D eigenvalue weighted by Crippen LogP contribution is -2.28. The minimum Gasteiger partial charge on any atom is -0.497 e. The summed E-state index contributed by atoms with van der Waals surface area (Å²) in [5.74, 6) is 0.102. The van der Waals surface area contributed by atoms with Crippen LogP contribution in [0, 0.1) is 49.4 Å². The van der Waals surface area contributed by atoms with Crippen molar-refractivity contribution in [3.8, 4) is 39.4 Å². The number of fused-ring (bicyclic) bond motifs is 2. The lowest BCUT2D eigenvalue weighted by Gasteiger charge is -2.27. The maximum Gasteiger partial charge on any atom is 0.513 e. The lowest BCUT2D eigenvalue weighted by molar-refractivity contribution is -0.151. The number of ether oxygens (including phenoxy) is 17. The van der Waals surface area contributed by atoms with E-state index in [1.165, 1.54) is 74.0 Å². The third-order valence-electron chi connectivity index (χ3n) is 25.7. The molecule has 5 aliphatic carbocycles. The molecule has 5 fully saturated rings. The van der Waals surface area contributed by atoms with E-state index in [1.54, 1.807) is 103 Å². The van der Waals surface area contributed by atoms with E-state index in [2.05, 4.69) is 69.9 Å². The number of esters is 9. The SMILES string of the molecule is C=CC(=O)OCCCCCCC1CCC(OC)CC1.C=CC(=O)OCCCCCCOC1CCC(OC)CC1.C=CC(=O)OCCCCOC(=O)C1CCC(OC)CC1.C=CC(=O)OCCCCOC(=O)Oc1ccc(OC)cc1.C=CC(=O)OCCCCOC(=O)c1ccc(OC)cc1.CC(=O)C1CCC(C(=O)Oc2ccc(OC(=O)C3CCC(C(C)=O)CC3)c3sc(-c4cc5cc(C)cc(C)c5[nH]4)nc23)CC1. The molecule has 144 heavy (non-hydrogen) atoms. The van der Waals surface area contributed by atoms with Crippen LogP contribution in [0.1, 0.15) is 260 Å². The number of aromatic amines is 1. The number of hydrogen-bond acceptors (Lipinski definition) is 31. The van der Waals surface area contributed by atoms with Gasteiger partial charge in [-0.1, -0.05) is 76.6 Å². The van der Waals surface area contributed by atoms with Crippen molar-refractivity contribution in [3.63, 3.8) is 0 Å². The summed E-state index contributed by atoms with van der Waals surface area (Å²) in [5, 5.41) is 1.77. The summed E-state index contributed by atoms with van der Waals surface area (Å²) in [5.41, 5.74) is 5.11. The van der Waals surface area contributed by atoms with Crippen molar-refractivity contribution in [1.29, 1.82) is 0 Å². The minimum atomic E-state index is -0.775. The van der Waals surface area contributed by atoms with Crippen LogP contribution >= 0.6 is 11.3 Å². The van der Waals surface area contributed by atoms with Gasteiger partial charge in [-0.25, -0.2) is 38.5 Å². The average Bonchev–Trinajstić information content (AvgIpc) is 1.61. The van der Waals surface area contributed by atoms with E-state index in [1.807, 2.05) is 7.11 Å². The molecule has 0 spiro atoms. The van der Waals surface area contributed by atoms with Crippen LogP contribution in [0.15, 0.2) is 142 Å². The van der Waals surface area contributed by atoms with Gasteiger partial charge in [0.15, 0.2) is 11.5 Å². The molecule has 2 heterocycles. The number of benzene rings is 4. The normalized spacial score (nSPS) is 18.7. The number of carbonyl (C=O) groups excluding carboxylic acids is 12. The summed E-state index contributed by atoms with van der Waals surface area (Å²) < 4.78 is 88.9. The molecule has 0 aliphatic heterocycles. The highest BCUT2D eigenvalue weighted by atomic mass is 32.1. The first-order valence-electron chi connectivity index (χ1n) is 50.7. The predicted molar refractivity (Wildman–Crippen MR) is 549 cm³/mol. The fraction of sp³-hybridized carbons (Fsp3) is 0.562. The molecule has 32 heteroatoms. The van der Waals surface area contributed by atoms with Gasteiger partial charge in [0.25, 0.3) is 0 Å². The van der Waals surface area contributed by atoms with E-state index >= 15 is 0 Å². The van der Waals surface area contributed by atoms with Crippen LogP contribution in [0.2, 0.25) is 0 Å². The number of unbranched alkanes of at least 4 members (excludes halogenated alkanes) is 9. The van der Waals surface area contributed by atoms with E-state index < -0.39 is 24.1 Å². The van der Waals surface area contributed by atoms with Crippen molar-refractivity contribution in [2.75, 3.05) is 95.0 Å². The second-order valence-corrected chi connectivity index (χ2v) is 37.2. The Morgan fingerprint density at radius 3 is 1.17 bits per heavy atom. The second kappa shape index (κ2) is 70.1. The van der Waals surface area contributed by atoms with E-state index in [0.717, 1.165) is 143 Å². The molecule has 0 amide bonds. The molecule has 4 aromatic carbocycles. The topological polar surface area (TPSA) is 390 Å². The molecule has 1 N–H and O–H groups in total. The summed E-state index contributed by atoms with van der Waals surface area (Å²) in [6.45, 7) is 27.6. The van der Waals surface area contributed by atoms with Gasteiger partial charge in [-0.2, -0.15) is 0 Å². The fourth-order valence-electron chi connectivity index (χ4n) is 17.1. The van der Waals surface area contributed by atoms with Gasteiger partial charge in [-0.15, -0.1) is 11.3 Å². The Morgan fingerprint density at radius 1 is 0.368 bits per heavy atom. The van der Waals surface area contributed by atoms with Crippen LogP contribution in [-0.2, 0) is 105 Å². The Morgan fingerprint density at radius 2 is 0.729 bits per heavy atom. The number of methoxy groups -OCH3 is 5. The molecule has 2 aromatic heterocycles. The van der Waals surface area contributed by atoms with Crippen LogP contribution < -0.4 is 23.7 Å². The highest BCUT2D eigenvalue weighted by molar-refractivity contribution is 7.22. The molecule has 0 bridgehead atoms. The third-order valence-corrected chi connectivity index (χ3v) is 26.8. The monoisotopic (exact) mass is 2020 g/mol. The van der Waals surface area contributed by atoms with Gasteiger partial charge in [-0.3, -0.25) is 24.0 Å². The number of H-pyrrole nitrogens is 1. The number of nitrogens with one attached hydrogen (secondary N) is 1. The highest BCUT2D eigenvalue weighted by Gasteiger charge is 2.34. The molecule has 792 valence electrons. The van der Waals surface area contributed by atoms with Crippen molar-refractivity contribution in [2.45, 2.75) is 277 Å². The highest BCUT2D eigenvalue weighted by Crippen LogP contribution is 2.44. The van der Waals surface area contributed by atoms with Crippen molar-refractivity contribution in [1.82, 2.24) is 9.97 Å². The standard InChI is InChI=1S/C35H38N2O6S.C16H28O4.C16H28O3.C15H18O6.C15H24O5.C15H18O5/c1-18-15-19(2)30-26(16-18)17-27(36-30)33-37-31-28(42-34(40)24-9-5-22(6-10-24)20(3)38)13-14-29(32(31)44-33)43-35(41)25-11-7-23(8-12-25)21(4)39;1-3-16(17)20-13-7-5-4-6-12-19-15-10-8-14(18-2)9-11-15;1-3-16(17)19-13-7-5-4-6-8-14-9-11-15(18-2)12-10-14;1-3-14(16)19-10-4-5-11-20-15(17)21-13-8-6-12(18-2)7-9-13;2*1-3-14(16)19-10-4-5-11-20-15(17)12-6-8-13(18-2)9-7-12/h13-17,22-25,36H,5-12H2,1-4H3;3,14-15H,1,4-13H2,2H3;3,14-15H,1,4-13H2,2H3;3,6-9H,1,4-5,10-11H2,2H3;3,12-13H,1,4-11H2,2H3;3,6-9H,1,4-5,10-11H2,2H3. The summed E-state index contributed by atoms with van der Waals surface area (Å²) in [6, 6.07) is 22.9. The minimum absolute atomic E-state index is 0.0139. The zero-order valence-corrected chi connectivity index (χ0v) is 86.8. The Bertz CT molecular complexity index is 4850. The Balaban J connectivity index is 0.000000276. The second-order valence-electron chi connectivity index (χ2n) is 36.2. The van der Waals surface area contributed by atoms with Crippen LogP contribution in [0.3, 0.4) is 0 Å². The number of thiazole rings is 1. The molecule has 0 unspecified atom stereocenters. The van der Waals surface area contributed by atoms with Crippen molar-refractivity contribution < 1.29 is 138 Å². The average molecular weight is 2020 g/mol. The Labute approximate surface area is 852 Å². The first kappa shape index (κ1) is 121. The zero-order valence-electron chi connectivity index (χ0n) is 86.0. The number of nitrogens with zero attached hydrogens (tertiary/aromatic N) is 1. The van der Waals surface area contributed by atoms with Gasteiger partial charge < -0.3 is 85.5 Å². The first-order chi connectivity index (χ1) is 69.6. The summed E-state index contributed by atoms with van der Waals surface area (Å²) in [4.78, 5) is 147. The van der Waals surface area contributed by atoms with Gasteiger partial charge in [0.2, 0.25) is 0 Å². The molecule has 31 nitrogen and oxygen atoms in total. The summed E-state index contributed by atoms with van der Waals surface area (Å²) in [6.07, 6.45) is 39.1. The number of ketones is 2. The van der Waals surface area contributed by atoms with Crippen LogP contribution in [0.4, 0.5) is 4.79 Å². The van der Waals surface area contributed by atoms with Crippen LogP contribution in [-0.4, -0.2) is 201 Å². The Kier molecular flexibility index (Phi) is 58.9. The van der Waals surface area contributed by atoms with Crippen LogP contribution in [0.5, 0.6) is 28.7 Å². The number of rotatable bonds is 50. The first-order valence-corrected chi connectivity index (χ1v) is 51.5. The molecule has 0 atom stereocenters. The molecule has 5 aliphatic rings. The largest absolute Gasteiger partial charge is 0.513 e. The van der Waals surface area contributed by atoms with E-state index in [-0.39, 0.29) is 96.8 Å². The van der Waals surface area contributed by atoms with Gasteiger partial charge in [-0.05, 0) is 305 Å². The third kappa shape index (κ3) is 47.0. The molecule has 6 aromatic rings. The number of hydrogen-bond donors (Lipinski definition) is 1. The predicted octanol–water partition coefficient (Wildman–Crippen LogP) is 22.1. The van der Waals surface area contributed by atoms with Gasteiger partial charge in [0.05, 0.1) is 121 Å². The summed E-state index contributed by atoms with van der Waals surface area (Å²) in [7, 11) is 8.44. The van der Waals surface area contributed by atoms with E-state index in [0.29, 0.717) is 197 Å². The Hall–Kier alpha value is -11.7. The smallest absolute Gasteiger partial charge is 0.497 e. The van der Waals surface area contributed by atoms with Crippen molar-refractivity contribution in [2.24, 2.45) is 35.5 Å². The lowest BCUT2D eigenvalue weighted by atomic mass is 9.80. The summed E-state index contributed by atoms with van der Waals surface area (Å²) >= 11 is 1.38. The molecular formula is C112H154N2O29S. The maximum atomic E-state index is 13.3. The van der Waals surface area contributed by atoms with Gasteiger partial charge >= 0.3 is 59.9 Å². The molecule has 11 rings (SSSR count). The van der Waals surface area contributed by atoms with E-state index in [4.69, 9.17) is 85.5 Å². The molecular weight excluding hydrogens is 1870 g/mol. The quantitative estimate of drug-likeness (QED) is 0.00925. The molecule has 0 saturated heterocycles.